The highest BCUT2D eigenvalue weighted by atomic mass is 32.2. The number of halogens is 2. The van der Waals surface area contributed by atoms with Crippen LogP contribution in [0.1, 0.15) is 12.5 Å². The minimum Gasteiger partial charge on any atom is -0.272 e. The molecule has 2 heterocycles. The number of aryl methyl sites for hydroxylation is 1. The molecule has 0 saturated carbocycles. The van der Waals surface area contributed by atoms with Gasteiger partial charge in [0.15, 0.2) is 0 Å². The van der Waals surface area contributed by atoms with Crippen LogP contribution in [0.2, 0.25) is 0 Å². The number of pyridine rings is 1. The summed E-state index contributed by atoms with van der Waals surface area (Å²) in [5, 5.41) is 4.70. The molecule has 0 N–H and O–H groups in total. The fourth-order valence-electron chi connectivity index (χ4n) is 3.70. The zero-order chi connectivity index (χ0) is 23.8. The van der Waals surface area contributed by atoms with Crippen molar-refractivity contribution in [3.8, 4) is 22.4 Å². The van der Waals surface area contributed by atoms with Crippen molar-refractivity contribution in [1.29, 1.82) is 0 Å². The highest BCUT2D eigenvalue weighted by Gasteiger charge is 2.27. The fourth-order valence-corrected chi connectivity index (χ4v) is 5.03. The summed E-state index contributed by atoms with van der Waals surface area (Å²) < 4.78 is 57.0. The van der Waals surface area contributed by atoms with Gasteiger partial charge in [0.05, 0.1) is 5.69 Å². The molecule has 0 aliphatic carbocycles. The highest BCUT2D eigenvalue weighted by molar-refractivity contribution is 7.92. The van der Waals surface area contributed by atoms with Crippen molar-refractivity contribution in [3.05, 3.63) is 84.3 Å². The molecular formula is C24H22F2N4O2S. The first-order valence-electron chi connectivity index (χ1n) is 10.3. The molecule has 4 aromatic rings. The molecule has 0 atom stereocenters. The minimum absolute atomic E-state index is 0.336. The SMILES string of the molecule is CCn1cc(-c2ccncc2)c(-c2cccc(N(C)S(=O)(=O)c3cc(F)ccc3F)c2C)n1. The average molecular weight is 469 g/mol. The Morgan fingerprint density at radius 2 is 1.76 bits per heavy atom. The molecule has 0 aliphatic heterocycles. The third-order valence-electron chi connectivity index (χ3n) is 5.51. The molecule has 0 aliphatic rings. The normalized spacial score (nSPS) is 11.5. The Morgan fingerprint density at radius 1 is 1.03 bits per heavy atom. The molecule has 0 fully saturated rings. The van der Waals surface area contributed by atoms with Gasteiger partial charge in [0, 0.05) is 43.3 Å². The summed E-state index contributed by atoms with van der Waals surface area (Å²) in [5.41, 5.74) is 4.19. The van der Waals surface area contributed by atoms with Crippen LogP contribution < -0.4 is 4.31 Å². The molecule has 0 bridgehead atoms. The first-order chi connectivity index (χ1) is 15.7. The van der Waals surface area contributed by atoms with Gasteiger partial charge in [0.1, 0.15) is 22.2 Å². The van der Waals surface area contributed by atoms with Crippen LogP contribution in [-0.2, 0) is 16.6 Å². The molecule has 33 heavy (non-hydrogen) atoms. The molecule has 4 rings (SSSR count). The average Bonchev–Trinajstić information content (AvgIpc) is 3.25. The van der Waals surface area contributed by atoms with E-state index in [1.807, 2.05) is 31.3 Å². The van der Waals surface area contributed by atoms with Gasteiger partial charge in [0.25, 0.3) is 10.0 Å². The van der Waals surface area contributed by atoms with Gasteiger partial charge >= 0.3 is 0 Å². The summed E-state index contributed by atoms with van der Waals surface area (Å²) in [5.74, 6) is -1.85. The maximum Gasteiger partial charge on any atom is 0.267 e. The van der Waals surface area contributed by atoms with E-state index in [-0.39, 0.29) is 0 Å². The maximum atomic E-state index is 14.3. The van der Waals surface area contributed by atoms with Crippen molar-refractivity contribution >= 4 is 15.7 Å². The number of benzene rings is 2. The van der Waals surface area contributed by atoms with Gasteiger partial charge < -0.3 is 0 Å². The van der Waals surface area contributed by atoms with Crippen LogP contribution in [0.15, 0.2) is 72.0 Å². The number of hydrogen-bond donors (Lipinski definition) is 0. The first kappa shape index (κ1) is 22.6. The van der Waals surface area contributed by atoms with E-state index in [1.54, 1.807) is 36.1 Å². The Hall–Kier alpha value is -3.59. The van der Waals surface area contributed by atoms with Crippen molar-refractivity contribution < 1.29 is 17.2 Å². The molecule has 0 amide bonds. The second-order valence-electron chi connectivity index (χ2n) is 7.48. The van der Waals surface area contributed by atoms with Crippen molar-refractivity contribution in [1.82, 2.24) is 14.8 Å². The fraction of sp³-hybridized carbons (Fsp3) is 0.167. The zero-order valence-electron chi connectivity index (χ0n) is 18.3. The molecule has 0 radical (unpaired) electrons. The lowest BCUT2D eigenvalue weighted by Gasteiger charge is -2.23. The van der Waals surface area contributed by atoms with E-state index in [2.05, 4.69) is 4.98 Å². The lowest BCUT2D eigenvalue weighted by atomic mass is 9.98. The van der Waals surface area contributed by atoms with Crippen molar-refractivity contribution in [2.24, 2.45) is 0 Å². The molecule has 0 saturated heterocycles. The van der Waals surface area contributed by atoms with Crippen LogP contribution in [0.5, 0.6) is 0 Å². The quantitative estimate of drug-likeness (QED) is 0.397. The number of anilines is 1. The van der Waals surface area contributed by atoms with Crippen molar-refractivity contribution in [2.75, 3.05) is 11.4 Å². The lowest BCUT2D eigenvalue weighted by Crippen LogP contribution is -2.28. The predicted molar refractivity (Wildman–Crippen MR) is 123 cm³/mol. The summed E-state index contributed by atoms with van der Waals surface area (Å²) in [4.78, 5) is 3.35. The maximum absolute atomic E-state index is 14.3. The zero-order valence-corrected chi connectivity index (χ0v) is 19.1. The Labute approximate surface area is 191 Å². The molecular weight excluding hydrogens is 446 g/mol. The number of aromatic nitrogens is 3. The lowest BCUT2D eigenvalue weighted by molar-refractivity contribution is 0.552. The van der Waals surface area contributed by atoms with Crippen LogP contribution in [0.3, 0.4) is 0 Å². The highest BCUT2D eigenvalue weighted by Crippen LogP contribution is 2.37. The Kier molecular flexibility index (Phi) is 5.99. The third kappa shape index (κ3) is 4.11. The standard InChI is InChI=1S/C24H22F2N4O2S/c1-4-30-15-20(17-10-12-27-13-11-17)24(28-30)19-6-5-7-22(16(19)2)29(3)33(31,32)23-14-18(25)8-9-21(23)26/h5-15H,4H2,1-3H3. The minimum atomic E-state index is -4.34. The van der Waals surface area contributed by atoms with Gasteiger partial charge in [-0.3, -0.25) is 14.0 Å². The van der Waals surface area contributed by atoms with Crippen LogP contribution >= 0.6 is 0 Å². The third-order valence-corrected chi connectivity index (χ3v) is 7.29. The molecule has 2 aromatic heterocycles. The number of nitrogens with zero attached hydrogens (tertiary/aromatic N) is 4. The Morgan fingerprint density at radius 3 is 2.45 bits per heavy atom. The van der Waals surface area contributed by atoms with E-state index in [4.69, 9.17) is 5.10 Å². The largest absolute Gasteiger partial charge is 0.272 e. The molecule has 9 heteroatoms. The summed E-state index contributed by atoms with van der Waals surface area (Å²) in [6.45, 7) is 4.41. The van der Waals surface area contributed by atoms with Crippen LogP contribution in [0.25, 0.3) is 22.4 Å². The van der Waals surface area contributed by atoms with Gasteiger partial charge in [-0.05, 0) is 61.4 Å². The van der Waals surface area contributed by atoms with Crippen molar-refractivity contribution in [2.45, 2.75) is 25.3 Å². The number of rotatable bonds is 6. The first-order valence-corrected chi connectivity index (χ1v) is 11.7. The summed E-state index contributed by atoms with van der Waals surface area (Å²) in [7, 11) is -3.02. The van der Waals surface area contributed by atoms with E-state index < -0.39 is 26.6 Å². The predicted octanol–water partition coefficient (Wildman–Crippen LogP) is 5.04. The van der Waals surface area contributed by atoms with E-state index in [0.29, 0.717) is 29.6 Å². The summed E-state index contributed by atoms with van der Waals surface area (Å²) in [6.07, 6.45) is 5.32. The van der Waals surface area contributed by atoms with Gasteiger partial charge in [-0.15, -0.1) is 0 Å². The van der Waals surface area contributed by atoms with Gasteiger partial charge in [-0.1, -0.05) is 12.1 Å². The molecule has 0 unspecified atom stereocenters. The van der Waals surface area contributed by atoms with Crippen LogP contribution in [0.4, 0.5) is 14.5 Å². The number of hydrogen-bond acceptors (Lipinski definition) is 4. The van der Waals surface area contributed by atoms with Gasteiger partial charge in [-0.25, -0.2) is 17.2 Å². The van der Waals surface area contributed by atoms with Crippen LogP contribution in [-0.4, -0.2) is 30.2 Å². The summed E-state index contributed by atoms with van der Waals surface area (Å²) in [6, 6.07) is 11.3. The second-order valence-corrected chi connectivity index (χ2v) is 9.42. The van der Waals surface area contributed by atoms with E-state index >= 15 is 0 Å². The molecule has 170 valence electrons. The van der Waals surface area contributed by atoms with Gasteiger partial charge in [0.2, 0.25) is 0 Å². The van der Waals surface area contributed by atoms with Crippen molar-refractivity contribution in [3.63, 3.8) is 0 Å². The molecule has 6 nitrogen and oxygen atoms in total. The molecule has 2 aromatic carbocycles. The Bertz CT molecular complexity index is 1420. The van der Waals surface area contributed by atoms with E-state index in [0.717, 1.165) is 33.1 Å². The molecule has 0 spiro atoms. The smallest absolute Gasteiger partial charge is 0.267 e. The van der Waals surface area contributed by atoms with E-state index in [1.165, 1.54) is 7.05 Å². The topological polar surface area (TPSA) is 68.1 Å². The second kappa shape index (κ2) is 8.74. The Balaban J connectivity index is 1.85. The van der Waals surface area contributed by atoms with Crippen LogP contribution in [0, 0.1) is 18.6 Å². The monoisotopic (exact) mass is 468 g/mol. The summed E-state index contributed by atoms with van der Waals surface area (Å²) >= 11 is 0. The van der Waals surface area contributed by atoms with Gasteiger partial charge in [-0.2, -0.15) is 5.10 Å². The van der Waals surface area contributed by atoms with E-state index in [9.17, 15) is 17.2 Å². The number of sulfonamides is 1.